The summed E-state index contributed by atoms with van der Waals surface area (Å²) < 4.78 is 15.9. The third-order valence-corrected chi connectivity index (χ3v) is 8.98. The third-order valence-electron chi connectivity index (χ3n) is 8.98. The average molecular weight is 821 g/mol. The van der Waals surface area contributed by atoms with Crippen LogP contribution in [0.1, 0.15) is 84.4 Å². The van der Waals surface area contributed by atoms with Gasteiger partial charge in [0.15, 0.2) is 0 Å². The summed E-state index contributed by atoms with van der Waals surface area (Å²) in [7, 11) is 0. The SMILES string of the molecule is CC(C)(C)OC(=O)NCCCCCNC(=O)[C@@H](Cc1c[nH]c2ccccc12)NC(=O)[C@@H](NC(=O)[C@@H]1C[C@@H](OC(=O)NCCNC(=O)OC(C)(C)C)CN1)c1ccccc1. The summed E-state index contributed by atoms with van der Waals surface area (Å²) in [4.78, 5) is 80.9. The second-order valence-electron chi connectivity index (χ2n) is 16.3. The van der Waals surface area contributed by atoms with E-state index in [0.29, 0.717) is 31.5 Å². The Morgan fingerprint density at radius 1 is 0.695 bits per heavy atom. The summed E-state index contributed by atoms with van der Waals surface area (Å²) in [6.07, 6.45) is 1.80. The number of carbonyl (C=O) groups excluding carboxylic acids is 6. The Kier molecular flexibility index (Phi) is 16.9. The minimum Gasteiger partial charge on any atom is -0.445 e. The topological polar surface area (TPSA) is 230 Å². The van der Waals surface area contributed by atoms with E-state index in [4.69, 9.17) is 14.2 Å². The van der Waals surface area contributed by atoms with Crippen LogP contribution >= 0.6 is 0 Å². The van der Waals surface area contributed by atoms with Gasteiger partial charge in [-0.05, 0) is 78.0 Å². The van der Waals surface area contributed by atoms with Gasteiger partial charge in [0, 0.05) is 62.7 Å². The molecule has 1 saturated heterocycles. The van der Waals surface area contributed by atoms with Gasteiger partial charge in [-0.25, -0.2) is 14.4 Å². The van der Waals surface area contributed by atoms with Crippen LogP contribution in [-0.4, -0.2) is 103 Å². The van der Waals surface area contributed by atoms with Crippen molar-refractivity contribution in [2.45, 2.75) is 109 Å². The fourth-order valence-electron chi connectivity index (χ4n) is 6.27. The number of nitrogens with one attached hydrogen (secondary N) is 8. The predicted molar refractivity (Wildman–Crippen MR) is 221 cm³/mol. The molecule has 8 N–H and O–H groups in total. The zero-order chi connectivity index (χ0) is 43.0. The van der Waals surface area contributed by atoms with E-state index in [0.717, 1.165) is 22.9 Å². The summed E-state index contributed by atoms with van der Waals surface area (Å²) in [5, 5.41) is 20.5. The van der Waals surface area contributed by atoms with Crippen LogP contribution in [0, 0.1) is 0 Å². The maximum Gasteiger partial charge on any atom is 0.407 e. The van der Waals surface area contributed by atoms with Crippen LogP contribution in [0.15, 0.2) is 60.8 Å². The van der Waals surface area contributed by atoms with Crippen molar-refractivity contribution >= 4 is 46.9 Å². The Labute approximate surface area is 345 Å². The lowest BCUT2D eigenvalue weighted by molar-refractivity contribution is -0.132. The van der Waals surface area contributed by atoms with E-state index >= 15 is 0 Å². The molecule has 3 aromatic rings. The highest BCUT2D eigenvalue weighted by molar-refractivity contribution is 5.94. The van der Waals surface area contributed by atoms with Gasteiger partial charge in [-0.1, -0.05) is 48.5 Å². The van der Waals surface area contributed by atoms with Gasteiger partial charge in [0.05, 0.1) is 6.04 Å². The highest BCUT2D eigenvalue weighted by Gasteiger charge is 2.35. The summed E-state index contributed by atoms with van der Waals surface area (Å²) in [5.74, 6) is -1.45. The fraction of sp³-hybridized carbons (Fsp3) is 0.524. The van der Waals surface area contributed by atoms with Crippen molar-refractivity contribution in [2.75, 3.05) is 32.7 Å². The third kappa shape index (κ3) is 16.1. The van der Waals surface area contributed by atoms with Crippen LogP contribution in [0.4, 0.5) is 14.4 Å². The number of unbranched alkanes of at least 4 members (excludes halogenated alkanes) is 2. The predicted octanol–water partition coefficient (Wildman–Crippen LogP) is 3.85. The monoisotopic (exact) mass is 820 g/mol. The Balaban J connectivity index is 1.34. The second-order valence-corrected chi connectivity index (χ2v) is 16.3. The van der Waals surface area contributed by atoms with Crippen molar-refractivity contribution in [2.24, 2.45) is 0 Å². The largest absolute Gasteiger partial charge is 0.445 e. The lowest BCUT2D eigenvalue weighted by Crippen LogP contribution is -2.53. The van der Waals surface area contributed by atoms with Gasteiger partial charge >= 0.3 is 18.3 Å². The molecule has 0 aliphatic carbocycles. The molecule has 17 heteroatoms. The number of hydrogen-bond donors (Lipinski definition) is 8. The zero-order valence-electron chi connectivity index (χ0n) is 34.8. The van der Waals surface area contributed by atoms with Crippen LogP contribution in [0.2, 0.25) is 0 Å². The maximum absolute atomic E-state index is 14.1. The summed E-state index contributed by atoms with van der Waals surface area (Å²) in [5.41, 5.74) is 1.000. The van der Waals surface area contributed by atoms with Crippen LogP contribution in [-0.2, 0) is 35.0 Å². The molecule has 0 bridgehead atoms. The molecule has 59 heavy (non-hydrogen) atoms. The number of aromatic nitrogens is 1. The van der Waals surface area contributed by atoms with Crippen molar-refractivity contribution in [3.8, 4) is 0 Å². The number of ether oxygens (including phenoxy) is 3. The van der Waals surface area contributed by atoms with Crippen LogP contribution in [0.5, 0.6) is 0 Å². The van der Waals surface area contributed by atoms with Gasteiger partial charge in [0.25, 0.3) is 0 Å². The molecular formula is C42H60N8O9. The molecule has 322 valence electrons. The van der Waals surface area contributed by atoms with Crippen LogP contribution < -0.4 is 37.2 Å². The van der Waals surface area contributed by atoms with Gasteiger partial charge in [0.1, 0.15) is 29.4 Å². The number of rotatable bonds is 18. The highest BCUT2D eigenvalue weighted by atomic mass is 16.6. The van der Waals surface area contributed by atoms with Crippen molar-refractivity contribution in [1.29, 1.82) is 0 Å². The van der Waals surface area contributed by atoms with Gasteiger partial charge in [-0.2, -0.15) is 0 Å². The van der Waals surface area contributed by atoms with Gasteiger partial charge in [-0.15, -0.1) is 0 Å². The van der Waals surface area contributed by atoms with Crippen LogP contribution in [0.3, 0.4) is 0 Å². The molecule has 2 aromatic carbocycles. The number of H-pyrrole nitrogens is 1. The average Bonchev–Trinajstić information content (AvgIpc) is 3.81. The number of carbonyl (C=O) groups is 6. The van der Waals surface area contributed by atoms with Crippen LogP contribution in [0.25, 0.3) is 10.9 Å². The zero-order valence-corrected chi connectivity index (χ0v) is 34.8. The molecule has 4 rings (SSSR count). The number of alkyl carbamates (subject to hydrolysis) is 3. The minimum atomic E-state index is -1.15. The molecule has 6 amide bonds. The van der Waals surface area contributed by atoms with Crippen molar-refractivity contribution in [3.05, 3.63) is 71.9 Å². The smallest absolute Gasteiger partial charge is 0.407 e. The van der Waals surface area contributed by atoms with E-state index in [2.05, 4.69) is 42.2 Å². The molecule has 2 heterocycles. The Bertz CT molecular complexity index is 1870. The lowest BCUT2D eigenvalue weighted by atomic mass is 10.0. The molecule has 1 aliphatic heterocycles. The maximum atomic E-state index is 14.1. The molecule has 0 saturated carbocycles. The van der Waals surface area contributed by atoms with E-state index in [1.54, 1.807) is 71.9 Å². The molecule has 17 nitrogen and oxygen atoms in total. The summed E-state index contributed by atoms with van der Waals surface area (Å²) in [6.45, 7) is 11.8. The number of benzene rings is 2. The number of aromatic amines is 1. The Morgan fingerprint density at radius 3 is 1.95 bits per heavy atom. The molecule has 4 atom stereocenters. The standard InChI is InChI=1S/C42H60N8O9/c1-41(2,3)58-39(55)44-20-14-8-13-19-43-35(51)33(23-28-25-47-31-18-12-11-17-30(28)31)49-37(53)34(27-15-9-7-10-16-27)50-36(52)32-24-29(26-48-32)57-38(54)45-21-22-46-40(56)59-42(4,5)6/h7,9-12,15-18,25,29,32-34,47-48H,8,13-14,19-24,26H2,1-6H3,(H,43,51)(H,44,55)(H,45,54)(H,46,56)(H,49,53)(H,50,52)/t29-,32+,33-,34+/m1/s1. The first-order chi connectivity index (χ1) is 28.0. The van der Waals surface area contributed by atoms with Gasteiger partial charge in [0.2, 0.25) is 17.7 Å². The summed E-state index contributed by atoms with van der Waals surface area (Å²) >= 11 is 0. The quantitative estimate of drug-likeness (QED) is 0.0683. The first-order valence-corrected chi connectivity index (χ1v) is 20.1. The highest BCUT2D eigenvalue weighted by Crippen LogP contribution is 2.21. The molecule has 0 spiro atoms. The van der Waals surface area contributed by atoms with E-state index < -0.39 is 65.5 Å². The number of hydrogen-bond acceptors (Lipinski definition) is 10. The van der Waals surface area contributed by atoms with E-state index in [1.807, 2.05) is 30.5 Å². The van der Waals surface area contributed by atoms with Crippen molar-refractivity contribution < 1.29 is 43.0 Å². The Hall–Kier alpha value is -5.84. The minimum absolute atomic E-state index is 0.102. The molecule has 0 radical (unpaired) electrons. The van der Waals surface area contributed by atoms with Gasteiger partial charge < -0.3 is 56.4 Å². The second kappa shape index (κ2) is 21.8. The normalized spacial score (nSPS) is 16.2. The summed E-state index contributed by atoms with van der Waals surface area (Å²) in [6, 6.07) is 13.5. The first-order valence-electron chi connectivity index (χ1n) is 20.1. The molecule has 1 aliphatic rings. The van der Waals surface area contributed by atoms with E-state index in [1.165, 1.54) is 0 Å². The van der Waals surface area contributed by atoms with Crippen molar-refractivity contribution in [3.63, 3.8) is 0 Å². The van der Waals surface area contributed by atoms with E-state index in [-0.39, 0.29) is 38.4 Å². The Morgan fingerprint density at radius 2 is 1.29 bits per heavy atom. The molecule has 0 unspecified atom stereocenters. The molecule has 1 fully saturated rings. The van der Waals surface area contributed by atoms with E-state index in [9.17, 15) is 28.8 Å². The lowest BCUT2D eigenvalue weighted by Gasteiger charge is -2.24. The molecule has 1 aromatic heterocycles. The van der Waals surface area contributed by atoms with Gasteiger partial charge in [-0.3, -0.25) is 14.4 Å². The van der Waals surface area contributed by atoms with Crippen molar-refractivity contribution in [1.82, 2.24) is 42.2 Å². The first kappa shape index (κ1) is 45.9. The number of amides is 6. The molecular weight excluding hydrogens is 761 g/mol. The number of fused-ring (bicyclic) bond motifs is 1. The number of para-hydroxylation sites is 1. The fourth-order valence-corrected chi connectivity index (χ4v) is 6.27.